The molecule has 2 N–H and O–H groups in total. The maximum atomic E-state index is 11.8. The summed E-state index contributed by atoms with van der Waals surface area (Å²) in [5, 5.41) is 5.62. The fourth-order valence-electron chi connectivity index (χ4n) is 2.63. The largest absolute Gasteiger partial charge is 0.497 e. The Bertz CT molecular complexity index is 459. The van der Waals surface area contributed by atoms with Crippen molar-refractivity contribution in [1.82, 2.24) is 5.32 Å². The molecule has 22 heavy (non-hydrogen) atoms. The molecule has 0 aliphatic heterocycles. The summed E-state index contributed by atoms with van der Waals surface area (Å²) in [6.07, 6.45) is 7.54. The van der Waals surface area contributed by atoms with Crippen LogP contribution in [0.4, 0.5) is 10.5 Å². The van der Waals surface area contributed by atoms with Gasteiger partial charge in [-0.05, 0) is 31.4 Å². The van der Waals surface area contributed by atoms with Gasteiger partial charge in [0.1, 0.15) is 5.75 Å². The Balaban J connectivity index is 1.57. The summed E-state index contributed by atoms with van der Waals surface area (Å²) < 4.78 is 10.9. The number of carbonyl (C=O) groups is 1. The highest BCUT2D eigenvalue weighted by molar-refractivity contribution is 5.89. The zero-order chi connectivity index (χ0) is 15.6. The number of urea groups is 1. The lowest BCUT2D eigenvalue weighted by molar-refractivity contribution is 0.0276. The molecule has 0 heterocycles. The van der Waals surface area contributed by atoms with Crippen molar-refractivity contribution in [3.8, 4) is 5.75 Å². The first-order valence-corrected chi connectivity index (χ1v) is 8.08. The lowest BCUT2D eigenvalue weighted by Crippen LogP contribution is -2.30. The van der Waals surface area contributed by atoms with Crippen molar-refractivity contribution in [3.05, 3.63) is 24.3 Å². The van der Waals surface area contributed by atoms with Crippen LogP contribution in [-0.2, 0) is 4.74 Å². The summed E-state index contributed by atoms with van der Waals surface area (Å²) in [7, 11) is 1.60. The Morgan fingerprint density at radius 2 is 2.09 bits per heavy atom. The first-order chi connectivity index (χ1) is 10.8. The number of anilines is 1. The molecular weight excluding hydrogens is 280 g/mol. The molecule has 5 heteroatoms. The van der Waals surface area contributed by atoms with Gasteiger partial charge in [0.2, 0.25) is 0 Å². The summed E-state index contributed by atoms with van der Waals surface area (Å²) in [5.74, 6) is 0.721. The Hall–Kier alpha value is -1.75. The van der Waals surface area contributed by atoms with Crippen LogP contribution in [-0.4, -0.2) is 32.4 Å². The van der Waals surface area contributed by atoms with Crippen LogP contribution < -0.4 is 15.4 Å². The Morgan fingerprint density at radius 1 is 1.27 bits per heavy atom. The van der Waals surface area contributed by atoms with Crippen LogP contribution in [0.3, 0.4) is 0 Å². The predicted molar refractivity (Wildman–Crippen MR) is 87.5 cm³/mol. The van der Waals surface area contributed by atoms with Gasteiger partial charge in [0.05, 0.1) is 13.2 Å². The predicted octanol–water partition coefficient (Wildman–Crippen LogP) is 3.56. The van der Waals surface area contributed by atoms with Gasteiger partial charge in [0, 0.05) is 24.9 Å². The third-order valence-electron chi connectivity index (χ3n) is 3.84. The van der Waals surface area contributed by atoms with E-state index in [1.54, 1.807) is 13.2 Å². The summed E-state index contributed by atoms with van der Waals surface area (Å²) in [6, 6.07) is 7.09. The van der Waals surface area contributed by atoms with E-state index in [0.717, 1.165) is 17.9 Å². The molecule has 1 aromatic rings. The molecule has 0 bridgehead atoms. The molecule has 0 aromatic heterocycles. The standard InChI is InChI=1S/C17H26N2O3/c1-21-16-10-5-7-14(13-16)19-17(20)18-11-6-12-22-15-8-3-2-4-9-15/h5,7,10,13,15H,2-4,6,8-9,11-12H2,1H3,(H2,18,19,20). The Labute approximate surface area is 132 Å². The topological polar surface area (TPSA) is 59.6 Å². The van der Waals surface area contributed by atoms with E-state index >= 15 is 0 Å². The van der Waals surface area contributed by atoms with Crippen molar-refractivity contribution in [3.63, 3.8) is 0 Å². The smallest absolute Gasteiger partial charge is 0.319 e. The summed E-state index contributed by atoms with van der Waals surface area (Å²) in [5.41, 5.74) is 0.718. The van der Waals surface area contributed by atoms with Crippen LogP contribution in [0.1, 0.15) is 38.5 Å². The molecule has 122 valence electrons. The van der Waals surface area contributed by atoms with Crippen molar-refractivity contribution >= 4 is 11.7 Å². The molecule has 2 amide bonds. The highest BCUT2D eigenvalue weighted by atomic mass is 16.5. The second-order valence-electron chi connectivity index (χ2n) is 5.60. The van der Waals surface area contributed by atoms with Crippen LogP contribution in [0, 0.1) is 0 Å². The molecule has 1 saturated carbocycles. The van der Waals surface area contributed by atoms with E-state index in [9.17, 15) is 4.79 Å². The van der Waals surface area contributed by atoms with Crippen molar-refractivity contribution < 1.29 is 14.3 Å². The number of ether oxygens (including phenoxy) is 2. The van der Waals surface area contributed by atoms with Crippen LogP contribution in [0.15, 0.2) is 24.3 Å². The molecule has 1 aromatic carbocycles. The van der Waals surface area contributed by atoms with Gasteiger partial charge >= 0.3 is 6.03 Å². The van der Waals surface area contributed by atoms with Crippen LogP contribution in [0.25, 0.3) is 0 Å². The molecule has 5 nitrogen and oxygen atoms in total. The van der Waals surface area contributed by atoms with Gasteiger partial charge in [-0.25, -0.2) is 4.79 Å². The van der Waals surface area contributed by atoms with Gasteiger partial charge in [-0.15, -0.1) is 0 Å². The second kappa shape index (κ2) is 9.30. The zero-order valence-corrected chi connectivity index (χ0v) is 13.3. The van der Waals surface area contributed by atoms with Crippen molar-refractivity contribution in [2.45, 2.75) is 44.6 Å². The highest BCUT2D eigenvalue weighted by Crippen LogP contribution is 2.20. The van der Waals surface area contributed by atoms with Gasteiger partial charge in [0.15, 0.2) is 0 Å². The molecule has 1 aliphatic carbocycles. The molecule has 0 atom stereocenters. The maximum Gasteiger partial charge on any atom is 0.319 e. The van der Waals surface area contributed by atoms with E-state index in [0.29, 0.717) is 19.3 Å². The Kier molecular flexibility index (Phi) is 7.03. The van der Waals surface area contributed by atoms with Gasteiger partial charge in [-0.3, -0.25) is 0 Å². The number of amides is 2. The quantitative estimate of drug-likeness (QED) is 0.757. The van der Waals surface area contributed by atoms with Crippen molar-refractivity contribution in [2.75, 3.05) is 25.6 Å². The maximum absolute atomic E-state index is 11.8. The molecule has 2 rings (SSSR count). The number of benzene rings is 1. The molecule has 1 aliphatic rings. The molecule has 1 fully saturated rings. The lowest BCUT2D eigenvalue weighted by Gasteiger charge is -2.21. The Morgan fingerprint density at radius 3 is 2.86 bits per heavy atom. The molecule has 0 radical (unpaired) electrons. The molecule has 0 spiro atoms. The highest BCUT2D eigenvalue weighted by Gasteiger charge is 2.13. The number of carbonyl (C=O) groups excluding carboxylic acids is 1. The molecule has 0 saturated heterocycles. The first-order valence-electron chi connectivity index (χ1n) is 8.08. The number of hydrogen-bond donors (Lipinski definition) is 2. The van der Waals surface area contributed by atoms with Gasteiger partial charge in [-0.1, -0.05) is 25.3 Å². The third-order valence-corrected chi connectivity index (χ3v) is 3.84. The molecular formula is C17H26N2O3. The SMILES string of the molecule is COc1cccc(NC(=O)NCCCOC2CCCCC2)c1. The monoisotopic (exact) mass is 306 g/mol. The third kappa shape index (κ3) is 5.93. The normalized spacial score (nSPS) is 15.3. The number of nitrogens with one attached hydrogen (secondary N) is 2. The van der Waals surface area contributed by atoms with Crippen LogP contribution in [0.2, 0.25) is 0 Å². The summed E-state index contributed by atoms with van der Waals surface area (Å²) in [6.45, 7) is 1.33. The fraction of sp³-hybridized carbons (Fsp3) is 0.588. The number of hydrogen-bond acceptors (Lipinski definition) is 3. The van der Waals surface area contributed by atoms with Gasteiger partial charge in [0.25, 0.3) is 0 Å². The first kappa shape index (κ1) is 16.6. The van der Waals surface area contributed by atoms with Crippen LogP contribution >= 0.6 is 0 Å². The van der Waals surface area contributed by atoms with Gasteiger partial charge < -0.3 is 20.1 Å². The minimum atomic E-state index is -0.203. The lowest BCUT2D eigenvalue weighted by atomic mass is 9.98. The number of methoxy groups -OCH3 is 1. The van der Waals surface area contributed by atoms with Crippen LogP contribution in [0.5, 0.6) is 5.75 Å². The van der Waals surface area contributed by atoms with Gasteiger partial charge in [-0.2, -0.15) is 0 Å². The van der Waals surface area contributed by atoms with E-state index in [1.807, 2.05) is 18.2 Å². The van der Waals surface area contributed by atoms with E-state index in [1.165, 1.54) is 32.1 Å². The molecule has 0 unspecified atom stereocenters. The van der Waals surface area contributed by atoms with E-state index in [4.69, 9.17) is 9.47 Å². The minimum Gasteiger partial charge on any atom is -0.497 e. The summed E-state index contributed by atoms with van der Waals surface area (Å²) >= 11 is 0. The second-order valence-corrected chi connectivity index (χ2v) is 5.60. The minimum absolute atomic E-state index is 0.203. The average molecular weight is 306 g/mol. The van der Waals surface area contributed by atoms with Crippen molar-refractivity contribution in [1.29, 1.82) is 0 Å². The van der Waals surface area contributed by atoms with Crippen molar-refractivity contribution in [2.24, 2.45) is 0 Å². The fourth-order valence-corrected chi connectivity index (χ4v) is 2.63. The van der Waals surface area contributed by atoms with E-state index < -0.39 is 0 Å². The average Bonchev–Trinajstić information content (AvgIpc) is 2.55. The van der Waals surface area contributed by atoms with E-state index in [2.05, 4.69) is 10.6 Å². The number of rotatable bonds is 7. The zero-order valence-electron chi connectivity index (χ0n) is 13.3. The van der Waals surface area contributed by atoms with E-state index in [-0.39, 0.29) is 6.03 Å². The summed E-state index contributed by atoms with van der Waals surface area (Å²) in [4.78, 5) is 11.8.